The Morgan fingerprint density at radius 2 is 1.18 bits per heavy atom. The Morgan fingerprint density at radius 1 is 0.711 bits per heavy atom. The molecule has 0 saturated carbocycles. The van der Waals surface area contributed by atoms with E-state index in [1.54, 1.807) is 66.7 Å². The van der Waals surface area contributed by atoms with Gasteiger partial charge in [-0.3, -0.25) is 0 Å². The van der Waals surface area contributed by atoms with Gasteiger partial charge < -0.3 is 33.6 Å². The van der Waals surface area contributed by atoms with Gasteiger partial charge in [-0.25, -0.2) is 9.69 Å². The standard InChI is InChI=1S/C20H22BNO4.C14H10BNO3/c1-19(2)20(3,4)26-21(25-19)18-11-10-17(12-14(18)13-23)24-16-8-6-15(22-5)7-9-16;1-16-11-2-4-12(5-3-11)19-13-6-7-14-10(8-13)9-18-15(14)17/h6-12,23H,13H2,1-4H3;2-8,17H,9H2. The molecule has 0 unspecified atom stereocenters. The summed E-state index contributed by atoms with van der Waals surface area (Å²) in [5.41, 5.74) is 3.47. The van der Waals surface area contributed by atoms with Gasteiger partial charge in [-0.15, -0.1) is 0 Å². The number of nitrogens with zero attached hydrogens (tertiary/aromatic N) is 2. The zero-order valence-electron chi connectivity index (χ0n) is 25.5. The first-order valence-electron chi connectivity index (χ1n) is 14.3. The Kier molecular flexibility index (Phi) is 9.31. The van der Waals surface area contributed by atoms with E-state index in [1.807, 2.05) is 45.9 Å². The first-order valence-corrected chi connectivity index (χ1v) is 14.3. The van der Waals surface area contributed by atoms with Crippen molar-refractivity contribution in [1.82, 2.24) is 0 Å². The first kappa shape index (κ1) is 31.8. The third kappa shape index (κ3) is 7.21. The highest BCUT2D eigenvalue weighted by atomic mass is 16.7. The van der Waals surface area contributed by atoms with Crippen molar-refractivity contribution in [2.45, 2.75) is 52.1 Å². The summed E-state index contributed by atoms with van der Waals surface area (Å²) >= 11 is 0. The molecule has 0 aromatic heterocycles. The summed E-state index contributed by atoms with van der Waals surface area (Å²) in [4.78, 5) is 6.68. The summed E-state index contributed by atoms with van der Waals surface area (Å²) in [6.07, 6.45) is 0. The lowest BCUT2D eigenvalue weighted by Crippen LogP contribution is -2.41. The molecular formula is C34H32B2N2O7. The van der Waals surface area contributed by atoms with Gasteiger partial charge in [0.1, 0.15) is 23.0 Å². The fraction of sp³-hybridized carbons (Fsp3) is 0.235. The van der Waals surface area contributed by atoms with Crippen LogP contribution in [0.15, 0.2) is 84.9 Å². The quantitative estimate of drug-likeness (QED) is 0.205. The molecule has 2 aliphatic heterocycles. The molecule has 45 heavy (non-hydrogen) atoms. The van der Waals surface area contributed by atoms with Gasteiger partial charge in [-0.1, -0.05) is 36.4 Å². The Labute approximate surface area is 263 Å². The van der Waals surface area contributed by atoms with Gasteiger partial charge >= 0.3 is 14.2 Å². The number of benzene rings is 4. The van der Waals surface area contributed by atoms with E-state index in [0.29, 0.717) is 46.5 Å². The predicted molar refractivity (Wildman–Crippen MR) is 172 cm³/mol. The molecule has 0 atom stereocenters. The van der Waals surface area contributed by atoms with Gasteiger partial charge in [-0.05, 0) is 98.3 Å². The lowest BCUT2D eigenvalue weighted by molar-refractivity contribution is 0.00578. The molecule has 0 aliphatic carbocycles. The van der Waals surface area contributed by atoms with Crippen molar-refractivity contribution in [3.63, 3.8) is 0 Å². The van der Waals surface area contributed by atoms with Crippen molar-refractivity contribution in [1.29, 1.82) is 0 Å². The highest BCUT2D eigenvalue weighted by molar-refractivity contribution is 6.62. The Morgan fingerprint density at radius 3 is 1.67 bits per heavy atom. The maximum absolute atomic E-state index is 9.80. The topological polar surface area (TPSA) is 95.3 Å². The van der Waals surface area contributed by atoms with Crippen molar-refractivity contribution < 1.29 is 33.6 Å². The third-order valence-electron chi connectivity index (χ3n) is 7.97. The summed E-state index contributed by atoms with van der Waals surface area (Å²) in [6, 6.07) is 24.7. The zero-order chi connectivity index (χ0) is 32.2. The van der Waals surface area contributed by atoms with E-state index in [9.17, 15) is 10.1 Å². The van der Waals surface area contributed by atoms with Crippen LogP contribution in [0.25, 0.3) is 9.69 Å². The second-order valence-corrected chi connectivity index (χ2v) is 11.5. The normalized spacial score (nSPS) is 15.7. The zero-order valence-corrected chi connectivity index (χ0v) is 25.5. The van der Waals surface area contributed by atoms with E-state index < -0.39 is 25.4 Å². The molecule has 4 aromatic carbocycles. The molecule has 2 aliphatic rings. The molecule has 1 fully saturated rings. The highest BCUT2D eigenvalue weighted by Gasteiger charge is 2.52. The van der Waals surface area contributed by atoms with Crippen LogP contribution in [0, 0.1) is 13.1 Å². The van der Waals surface area contributed by atoms with E-state index in [0.717, 1.165) is 16.5 Å². The van der Waals surface area contributed by atoms with Crippen molar-refractivity contribution in [3.05, 3.63) is 119 Å². The molecule has 226 valence electrons. The van der Waals surface area contributed by atoms with E-state index in [4.69, 9.17) is 36.6 Å². The van der Waals surface area contributed by atoms with Gasteiger partial charge in [0.25, 0.3) is 0 Å². The lowest BCUT2D eigenvalue weighted by Gasteiger charge is -2.32. The summed E-state index contributed by atoms with van der Waals surface area (Å²) in [6.45, 7) is 22.1. The van der Waals surface area contributed by atoms with E-state index >= 15 is 0 Å². The molecule has 0 amide bonds. The van der Waals surface area contributed by atoms with Crippen LogP contribution in [0.5, 0.6) is 23.0 Å². The summed E-state index contributed by atoms with van der Waals surface area (Å²) in [5, 5.41) is 19.3. The van der Waals surface area contributed by atoms with Crippen LogP contribution >= 0.6 is 0 Å². The van der Waals surface area contributed by atoms with E-state index in [1.165, 1.54) is 0 Å². The minimum Gasteiger partial charge on any atom is -0.457 e. The Balaban J connectivity index is 0.000000186. The van der Waals surface area contributed by atoms with Crippen molar-refractivity contribution >= 4 is 36.5 Å². The Hall–Kier alpha value is -4.61. The third-order valence-corrected chi connectivity index (χ3v) is 7.97. The average Bonchev–Trinajstić information content (AvgIpc) is 3.51. The fourth-order valence-corrected chi connectivity index (χ4v) is 4.70. The molecule has 0 radical (unpaired) electrons. The summed E-state index contributed by atoms with van der Waals surface area (Å²) in [5.74, 6) is 2.59. The number of ether oxygens (including phenoxy) is 2. The second-order valence-electron chi connectivity index (χ2n) is 11.5. The number of hydrogen-bond acceptors (Lipinski definition) is 7. The molecule has 2 N–H and O–H groups in total. The maximum atomic E-state index is 9.80. The minimum atomic E-state index is -0.831. The van der Waals surface area contributed by atoms with Gasteiger partial charge in [0.05, 0.1) is 37.6 Å². The number of hydrogen-bond donors (Lipinski definition) is 2. The van der Waals surface area contributed by atoms with E-state index in [2.05, 4.69) is 9.69 Å². The number of aliphatic hydroxyl groups is 1. The minimum absolute atomic E-state index is 0.146. The monoisotopic (exact) mass is 602 g/mol. The molecular weight excluding hydrogens is 570 g/mol. The SMILES string of the molecule is [C-]#[N+]c1ccc(Oc2ccc(B3OC(C)(C)C(C)(C)O3)c(CO)c2)cc1.[C-]#[N+]c1ccc(Oc2ccc3c(c2)COB3O)cc1. The molecule has 0 spiro atoms. The van der Waals surface area contributed by atoms with E-state index in [-0.39, 0.29) is 6.61 Å². The van der Waals surface area contributed by atoms with Gasteiger partial charge in [-0.2, -0.15) is 0 Å². The van der Waals surface area contributed by atoms with Crippen LogP contribution < -0.4 is 20.4 Å². The van der Waals surface area contributed by atoms with Crippen LogP contribution in [0.3, 0.4) is 0 Å². The second kappa shape index (κ2) is 13.2. The largest absolute Gasteiger partial charge is 0.495 e. The van der Waals surface area contributed by atoms with Crippen molar-refractivity contribution in [2.24, 2.45) is 0 Å². The highest BCUT2D eigenvalue weighted by Crippen LogP contribution is 2.37. The molecule has 9 nitrogen and oxygen atoms in total. The Bertz CT molecular complexity index is 1730. The predicted octanol–water partition coefficient (Wildman–Crippen LogP) is 6.07. The summed E-state index contributed by atoms with van der Waals surface area (Å²) < 4.78 is 28.8. The molecule has 4 aromatic rings. The first-order chi connectivity index (χ1) is 21.5. The average molecular weight is 602 g/mol. The van der Waals surface area contributed by atoms with Crippen LogP contribution in [-0.2, 0) is 27.2 Å². The van der Waals surface area contributed by atoms with Crippen molar-refractivity contribution in [3.8, 4) is 23.0 Å². The number of rotatable bonds is 6. The smallest absolute Gasteiger partial charge is 0.457 e. The van der Waals surface area contributed by atoms with Crippen LogP contribution in [-0.4, -0.2) is 35.6 Å². The molecule has 2 heterocycles. The number of aliphatic hydroxyl groups excluding tert-OH is 1. The van der Waals surface area contributed by atoms with Crippen LogP contribution in [0.1, 0.15) is 38.8 Å². The number of fused-ring (bicyclic) bond motifs is 1. The van der Waals surface area contributed by atoms with Gasteiger partial charge in [0.2, 0.25) is 0 Å². The molecule has 6 rings (SSSR count). The van der Waals surface area contributed by atoms with Gasteiger partial charge in [0.15, 0.2) is 11.4 Å². The summed E-state index contributed by atoms with van der Waals surface area (Å²) in [7, 11) is -1.36. The fourth-order valence-electron chi connectivity index (χ4n) is 4.70. The molecule has 11 heteroatoms. The molecule has 1 saturated heterocycles. The maximum Gasteiger partial charge on any atom is 0.495 e. The van der Waals surface area contributed by atoms with Crippen LogP contribution in [0.4, 0.5) is 11.4 Å². The van der Waals surface area contributed by atoms with Gasteiger partial charge in [0, 0.05) is 0 Å². The molecule has 0 bridgehead atoms. The van der Waals surface area contributed by atoms with Crippen LogP contribution in [0.2, 0.25) is 0 Å². The lowest BCUT2D eigenvalue weighted by atomic mass is 9.76. The van der Waals surface area contributed by atoms with Crippen molar-refractivity contribution in [2.75, 3.05) is 0 Å².